The zero-order valence-corrected chi connectivity index (χ0v) is 11.2. The Morgan fingerprint density at radius 1 is 1.47 bits per heavy atom. The molecule has 0 aromatic carbocycles. The number of carbonyl (C=O) groups excluding carboxylic acids is 1. The van der Waals surface area contributed by atoms with E-state index in [-0.39, 0.29) is 11.7 Å². The Bertz CT molecular complexity index is 388. The minimum atomic E-state index is -3.29. The average Bonchev–Trinajstić information content (AvgIpc) is 2.29. The fraction of sp³-hybridized carbons (Fsp3) is 0.909. The maximum atomic E-state index is 12.1. The molecule has 0 aliphatic carbocycles. The Balaban J connectivity index is 2.88. The van der Waals surface area contributed by atoms with Gasteiger partial charge in [0.1, 0.15) is 6.17 Å². The molecule has 0 spiro atoms. The number of nitrogens with zero attached hydrogens (tertiary/aromatic N) is 2. The van der Waals surface area contributed by atoms with Crippen LogP contribution in [0.4, 0.5) is 0 Å². The number of unbranched alkanes of at least 4 members (excludes halogenated alkanes) is 1. The van der Waals surface area contributed by atoms with Gasteiger partial charge in [-0.3, -0.25) is 0 Å². The number of piperidine rings is 1. The van der Waals surface area contributed by atoms with Crippen molar-refractivity contribution >= 4 is 16.1 Å². The van der Waals surface area contributed by atoms with Gasteiger partial charge in [-0.1, -0.05) is 20.3 Å². The largest absolute Gasteiger partial charge is 0.236 e. The first kappa shape index (κ1) is 14.4. The minimum Gasteiger partial charge on any atom is -0.212 e. The van der Waals surface area contributed by atoms with Crippen LogP contribution in [0.2, 0.25) is 0 Å². The van der Waals surface area contributed by atoms with Crippen LogP contribution in [0.25, 0.3) is 0 Å². The standard InChI is InChI=1S/C11H20N2O3S/c1-3-4-8-17(15,16)13-7-5-6-10(2)11(13)12-9-14/h10-11H,3-8H2,1-2H3. The van der Waals surface area contributed by atoms with Crippen molar-refractivity contribution in [2.75, 3.05) is 12.3 Å². The van der Waals surface area contributed by atoms with Crippen LogP contribution in [0.1, 0.15) is 39.5 Å². The Morgan fingerprint density at radius 2 is 2.18 bits per heavy atom. The Labute approximate surface area is 103 Å². The lowest BCUT2D eigenvalue weighted by molar-refractivity contribution is 0.194. The van der Waals surface area contributed by atoms with Crippen LogP contribution in [0.5, 0.6) is 0 Å². The smallest absolute Gasteiger partial charge is 0.212 e. The second-order valence-electron chi connectivity index (χ2n) is 4.53. The molecule has 0 bridgehead atoms. The second-order valence-corrected chi connectivity index (χ2v) is 6.57. The van der Waals surface area contributed by atoms with Crippen molar-refractivity contribution in [1.29, 1.82) is 0 Å². The van der Waals surface area contributed by atoms with Gasteiger partial charge < -0.3 is 0 Å². The van der Waals surface area contributed by atoms with Crippen LogP contribution in [0.15, 0.2) is 4.99 Å². The van der Waals surface area contributed by atoms with E-state index < -0.39 is 16.2 Å². The molecule has 1 saturated heterocycles. The van der Waals surface area contributed by atoms with Crippen LogP contribution >= 0.6 is 0 Å². The minimum absolute atomic E-state index is 0.0848. The summed E-state index contributed by atoms with van der Waals surface area (Å²) in [5.41, 5.74) is 0. The topological polar surface area (TPSA) is 66.8 Å². The lowest BCUT2D eigenvalue weighted by Gasteiger charge is -2.35. The van der Waals surface area contributed by atoms with Gasteiger partial charge in [-0.25, -0.2) is 13.2 Å². The highest BCUT2D eigenvalue weighted by Gasteiger charge is 2.35. The summed E-state index contributed by atoms with van der Waals surface area (Å²) in [5, 5.41) is 0. The molecule has 0 N–H and O–H groups in total. The van der Waals surface area contributed by atoms with E-state index in [1.165, 1.54) is 10.4 Å². The van der Waals surface area contributed by atoms with Crippen molar-refractivity contribution in [2.45, 2.75) is 45.7 Å². The molecule has 6 heteroatoms. The van der Waals surface area contributed by atoms with Gasteiger partial charge >= 0.3 is 0 Å². The predicted molar refractivity (Wildman–Crippen MR) is 65.7 cm³/mol. The molecule has 0 aromatic rings. The molecule has 0 amide bonds. The molecule has 0 aromatic heterocycles. The number of rotatable bonds is 5. The van der Waals surface area contributed by atoms with Crippen molar-refractivity contribution in [3.05, 3.63) is 0 Å². The molecule has 98 valence electrons. The monoisotopic (exact) mass is 260 g/mol. The van der Waals surface area contributed by atoms with E-state index in [1.807, 2.05) is 13.8 Å². The van der Waals surface area contributed by atoms with E-state index >= 15 is 0 Å². The van der Waals surface area contributed by atoms with Gasteiger partial charge in [0.05, 0.1) is 5.75 Å². The van der Waals surface area contributed by atoms with E-state index in [4.69, 9.17) is 0 Å². The summed E-state index contributed by atoms with van der Waals surface area (Å²) in [6, 6.07) is 0. The van der Waals surface area contributed by atoms with Crippen molar-refractivity contribution in [2.24, 2.45) is 10.9 Å². The molecule has 5 nitrogen and oxygen atoms in total. The lowest BCUT2D eigenvalue weighted by Crippen LogP contribution is -2.47. The summed E-state index contributed by atoms with van der Waals surface area (Å²) >= 11 is 0. The SMILES string of the molecule is CCCCS(=O)(=O)N1CCCC(C)C1N=C=O. The van der Waals surface area contributed by atoms with Gasteiger partial charge in [0.2, 0.25) is 16.1 Å². The van der Waals surface area contributed by atoms with E-state index in [9.17, 15) is 13.2 Å². The number of isocyanates is 1. The molecular formula is C11H20N2O3S. The normalized spacial score (nSPS) is 26.5. The van der Waals surface area contributed by atoms with E-state index in [0.717, 1.165) is 19.3 Å². The number of sulfonamides is 1. The molecule has 17 heavy (non-hydrogen) atoms. The first-order chi connectivity index (χ1) is 8.03. The zero-order valence-electron chi connectivity index (χ0n) is 10.4. The maximum absolute atomic E-state index is 12.1. The van der Waals surface area contributed by atoms with Gasteiger partial charge in [0.25, 0.3) is 0 Å². The third kappa shape index (κ3) is 3.63. The Kier molecular flexibility index (Phi) is 5.31. The van der Waals surface area contributed by atoms with E-state index in [1.54, 1.807) is 0 Å². The van der Waals surface area contributed by atoms with Gasteiger partial charge in [0.15, 0.2) is 0 Å². The molecule has 2 unspecified atom stereocenters. The molecule has 2 atom stereocenters. The van der Waals surface area contributed by atoms with Crippen molar-refractivity contribution < 1.29 is 13.2 Å². The highest BCUT2D eigenvalue weighted by molar-refractivity contribution is 7.89. The number of hydrogen-bond acceptors (Lipinski definition) is 4. The van der Waals surface area contributed by atoms with Crippen LogP contribution in [-0.2, 0) is 14.8 Å². The second kappa shape index (κ2) is 6.28. The lowest BCUT2D eigenvalue weighted by atomic mass is 9.98. The van der Waals surface area contributed by atoms with Gasteiger partial charge in [-0.2, -0.15) is 9.30 Å². The van der Waals surface area contributed by atoms with Gasteiger partial charge in [-0.05, 0) is 25.2 Å². The van der Waals surface area contributed by atoms with Gasteiger partial charge in [-0.15, -0.1) is 0 Å². The molecule has 0 saturated carbocycles. The quantitative estimate of drug-likeness (QED) is 0.556. The van der Waals surface area contributed by atoms with E-state index in [2.05, 4.69) is 4.99 Å². The van der Waals surface area contributed by atoms with Crippen LogP contribution in [-0.4, -0.2) is 37.3 Å². The summed E-state index contributed by atoms with van der Waals surface area (Å²) < 4.78 is 25.6. The fourth-order valence-corrected chi connectivity index (χ4v) is 4.01. The Morgan fingerprint density at radius 3 is 2.76 bits per heavy atom. The Hall–Kier alpha value is -0.710. The third-order valence-electron chi connectivity index (χ3n) is 3.14. The van der Waals surface area contributed by atoms with Crippen molar-refractivity contribution in [1.82, 2.24) is 4.31 Å². The van der Waals surface area contributed by atoms with Crippen LogP contribution < -0.4 is 0 Å². The van der Waals surface area contributed by atoms with Crippen molar-refractivity contribution in [3.8, 4) is 0 Å². The third-order valence-corrected chi connectivity index (χ3v) is 5.06. The molecule has 1 heterocycles. The molecular weight excluding hydrogens is 240 g/mol. The molecule has 1 fully saturated rings. The summed E-state index contributed by atoms with van der Waals surface area (Å²) in [4.78, 5) is 14.1. The highest BCUT2D eigenvalue weighted by atomic mass is 32.2. The number of aliphatic imine (C=N–C) groups is 1. The summed E-state index contributed by atoms with van der Waals surface area (Å²) in [6.07, 6.45) is 4.15. The van der Waals surface area contributed by atoms with E-state index in [0.29, 0.717) is 13.0 Å². The summed E-state index contributed by atoms with van der Waals surface area (Å²) in [7, 11) is -3.29. The summed E-state index contributed by atoms with van der Waals surface area (Å²) in [6.45, 7) is 4.34. The maximum Gasteiger partial charge on any atom is 0.236 e. The number of hydrogen-bond donors (Lipinski definition) is 0. The van der Waals surface area contributed by atoms with Gasteiger partial charge in [0, 0.05) is 6.54 Å². The first-order valence-corrected chi connectivity index (χ1v) is 7.70. The molecule has 1 rings (SSSR count). The van der Waals surface area contributed by atoms with Crippen LogP contribution in [0.3, 0.4) is 0 Å². The zero-order chi connectivity index (χ0) is 12.9. The highest BCUT2D eigenvalue weighted by Crippen LogP contribution is 2.26. The van der Waals surface area contributed by atoms with Crippen LogP contribution in [0, 0.1) is 5.92 Å². The fourth-order valence-electron chi connectivity index (χ4n) is 2.13. The predicted octanol–water partition coefficient (Wildman–Crippen LogP) is 1.51. The first-order valence-electron chi connectivity index (χ1n) is 6.09. The average molecular weight is 260 g/mol. The summed E-state index contributed by atoms with van der Waals surface area (Å²) in [5.74, 6) is 0.225. The van der Waals surface area contributed by atoms with Crippen molar-refractivity contribution in [3.63, 3.8) is 0 Å². The molecule has 0 radical (unpaired) electrons. The molecule has 1 aliphatic heterocycles. The molecule has 1 aliphatic rings.